The summed E-state index contributed by atoms with van der Waals surface area (Å²) in [6, 6.07) is 8.99. The van der Waals surface area contributed by atoms with Crippen molar-refractivity contribution in [2.45, 2.75) is 50.4 Å². The van der Waals surface area contributed by atoms with E-state index in [0.717, 1.165) is 12.0 Å². The van der Waals surface area contributed by atoms with Crippen LogP contribution in [0.25, 0.3) is 0 Å². The lowest BCUT2D eigenvalue weighted by atomic mass is 9.96. The molecule has 1 saturated heterocycles. The van der Waals surface area contributed by atoms with E-state index in [4.69, 9.17) is 4.74 Å². The zero-order chi connectivity index (χ0) is 21.2. The van der Waals surface area contributed by atoms with Crippen LogP contribution in [0.15, 0.2) is 48.9 Å². The first-order chi connectivity index (χ1) is 14.6. The smallest absolute Gasteiger partial charge is 0.226 e. The molecule has 0 saturated carbocycles. The molecule has 2 aromatic heterocycles. The molecule has 0 unspecified atom stereocenters. The molecule has 3 atom stereocenters. The molecule has 0 aromatic carbocycles. The normalized spacial score (nSPS) is 21.0. The summed E-state index contributed by atoms with van der Waals surface area (Å²) >= 11 is 0. The van der Waals surface area contributed by atoms with Gasteiger partial charge in [0, 0.05) is 30.8 Å². The van der Waals surface area contributed by atoms with Crippen molar-refractivity contribution < 1.29 is 19.4 Å². The van der Waals surface area contributed by atoms with Gasteiger partial charge in [0.05, 0.1) is 31.6 Å². The third-order valence-corrected chi connectivity index (χ3v) is 5.11. The van der Waals surface area contributed by atoms with Crippen molar-refractivity contribution in [1.82, 2.24) is 20.6 Å². The topological polar surface area (TPSA) is 113 Å². The van der Waals surface area contributed by atoms with Gasteiger partial charge in [-0.05, 0) is 49.1 Å². The summed E-state index contributed by atoms with van der Waals surface area (Å²) in [5, 5.41) is 15.5. The summed E-state index contributed by atoms with van der Waals surface area (Å²) in [5.74, 6) is -0.239. The molecule has 30 heavy (non-hydrogen) atoms. The molecule has 160 valence electrons. The number of aromatic nitrogens is 2. The number of amides is 2. The predicted molar refractivity (Wildman–Crippen MR) is 110 cm³/mol. The van der Waals surface area contributed by atoms with Gasteiger partial charge in [-0.1, -0.05) is 6.07 Å². The Hall–Kier alpha value is -2.84. The average Bonchev–Trinajstić information content (AvgIpc) is 2.76. The van der Waals surface area contributed by atoms with Crippen LogP contribution in [0, 0.1) is 0 Å². The highest BCUT2D eigenvalue weighted by Crippen LogP contribution is 2.22. The van der Waals surface area contributed by atoms with E-state index in [1.807, 2.05) is 18.2 Å². The Morgan fingerprint density at radius 2 is 1.93 bits per heavy atom. The summed E-state index contributed by atoms with van der Waals surface area (Å²) in [6.07, 6.45) is 6.75. The third kappa shape index (κ3) is 6.89. The highest BCUT2D eigenvalue weighted by Gasteiger charge is 2.32. The van der Waals surface area contributed by atoms with E-state index >= 15 is 0 Å². The van der Waals surface area contributed by atoms with E-state index < -0.39 is 6.10 Å². The fourth-order valence-electron chi connectivity index (χ4n) is 3.55. The fraction of sp³-hybridized carbons (Fsp3) is 0.455. The Balaban J connectivity index is 1.40. The van der Waals surface area contributed by atoms with Crippen molar-refractivity contribution in [3.05, 3.63) is 60.2 Å². The number of ether oxygens (including phenoxy) is 1. The van der Waals surface area contributed by atoms with E-state index in [1.165, 1.54) is 0 Å². The summed E-state index contributed by atoms with van der Waals surface area (Å²) < 4.78 is 5.89. The summed E-state index contributed by atoms with van der Waals surface area (Å²) in [6.45, 7) is 0.333. The number of nitrogens with zero attached hydrogens (tertiary/aromatic N) is 2. The minimum atomic E-state index is -0.527. The highest BCUT2D eigenvalue weighted by atomic mass is 16.5. The van der Waals surface area contributed by atoms with E-state index in [2.05, 4.69) is 20.6 Å². The molecule has 0 radical (unpaired) electrons. The van der Waals surface area contributed by atoms with Gasteiger partial charge in [0.15, 0.2) is 0 Å². The maximum Gasteiger partial charge on any atom is 0.226 e. The second-order valence-electron chi connectivity index (χ2n) is 7.39. The van der Waals surface area contributed by atoms with Gasteiger partial charge in [0.25, 0.3) is 0 Å². The summed E-state index contributed by atoms with van der Waals surface area (Å²) in [7, 11) is 0. The van der Waals surface area contributed by atoms with Gasteiger partial charge in [-0.2, -0.15) is 0 Å². The molecule has 1 aliphatic rings. The van der Waals surface area contributed by atoms with Crippen molar-refractivity contribution >= 4 is 11.8 Å². The number of nitrogens with one attached hydrogen (secondary N) is 2. The van der Waals surface area contributed by atoms with Crippen molar-refractivity contribution in [3.8, 4) is 0 Å². The Labute approximate surface area is 176 Å². The Morgan fingerprint density at radius 1 is 1.10 bits per heavy atom. The van der Waals surface area contributed by atoms with Crippen LogP contribution in [-0.4, -0.2) is 58.3 Å². The monoisotopic (exact) mass is 412 g/mol. The lowest BCUT2D eigenvalue weighted by Gasteiger charge is -2.36. The van der Waals surface area contributed by atoms with Gasteiger partial charge in [0.2, 0.25) is 11.8 Å². The van der Waals surface area contributed by atoms with Crippen LogP contribution >= 0.6 is 0 Å². The minimum absolute atomic E-state index is 0.0802. The van der Waals surface area contributed by atoms with E-state index in [9.17, 15) is 14.7 Å². The first kappa shape index (κ1) is 21.9. The molecular formula is C22H28N4O4. The van der Waals surface area contributed by atoms with Gasteiger partial charge >= 0.3 is 0 Å². The summed E-state index contributed by atoms with van der Waals surface area (Å²) in [4.78, 5) is 32.6. The second-order valence-corrected chi connectivity index (χ2v) is 7.39. The van der Waals surface area contributed by atoms with Crippen LogP contribution in [0.3, 0.4) is 0 Å². The van der Waals surface area contributed by atoms with E-state index in [1.54, 1.807) is 30.7 Å². The SMILES string of the molecule is O=C(C[C@H]1CC[C@H](NC(=O)Cc2ccccn2)[C@H](CO)O1)NCCc1ccncc1. The first-order valence-electron chi connectivity index (χ1n) is 10.2. The quantitative estimate of drug-likeness (QED) is 0.561. The molecule has 1 aliphatic heterocycles. The standard InChI is InChI=1S/C22H28N4O4/c27-15-20-19(26-22(29)13-17-3-1-2-9-24-17)5-4-18(30-20)14-21(28)25-12-8-16-6-10-23-11-7-16/h1-3,6-7,9-11,18-20,27H,4-5,8,12-15H2,(H,25,28)(H,26,29)/t18-,19+,20+/m1/s1. The second kappa shape index (κ2) is 11.4. The molecule has 0 aliphatic carbocycles. The Bertz CT molecular complexity index is 803. The molecule has 3 rings (SSSR count). The molecule has 3 N–H and O–H groups in total. The van der Waals surface area contributed by atoms with Gasteiger partial charge < -0.3 is 20.5 Å². The Morgan fingerprint density at radius 3 is 2.67 bits per heavy atom. The van der Waals surface area contributed by atoms with Crippen LogP contribution < -0.4 is 10.6 Å². The third-order valence-electron chi connectivity index (χ3n) is 5.11. The molecule has 1 fully saturated rings. The number of rotatable bonds is 9. The van der Waals surface area contributed by atoms with Crippen molar-refractivity contribution in [1.29, 1.82) is 0 Å². The summed E-state index contributed by atoms with van der Waals surface area (Å²) in [5.41, 5.74) is 1.80. The van der Waals surface area contributed by atoms with Crippen molar-refractivity contribution in [2.75, 3.05) is 13.2 Å². The van der Waals surface area contributed by atoms with Gasteiger partial charge in [-0.3, -0.25) is 19.6 Å². The van der Waals surface area contributed by atoms with E-state index in [0.29, 0.717) is 25.1 Å². The van der Waals surface area contributed by atoms with Crippen molar-refractivity contribution in [2.24, 2.45) is 0 Å². The number of aliphatic hydroxyl groups is 1. The maximum absolute atomic E-state index is 12.3. The highest BCUT2D eigenvalue weighted by molar-refractivity contribution is 5.78. The maximum atomic E-state index is 12.3. The van der Waals surface area contributed by atoms with Gasteiger partial charge in [0.1, 0.15) is 6.10 Å². The average molecular weight is 412 g/mol. The van der Waals surface area contributed by atoms with Crippen LogP contribution in [0.5, 0.6) is 0 Å². The van der Waals surface area contributed by atoms with Gasteiger partial charge in [-0.15, -0.1) is 0 Å². The predicted octanol–water partition coefficient (Wildman–Crippen LogP) is 0.793. The molecule has 8 nitrogen and oxygen atoms in total. The molecule has 8 heteroatoms. The largest absolute Gasteiger partial charge is 0.394 e. The lowest BCUT2D eigenvalue weighted by Crippen LogP contribution is -2.51. The van der Waals surface area contributed by atoms with Crippen LogP contribution in [0.4, 0.5) is 0 Å². The first-order valence-corrected chi connectivity index (χ1v) is 10.2. The van der Waals surface area contributed by atoms with Crippen LogP contribution in [0.1, 0.15) is 30.5 Å². The van der Waals surface area contributed by atoms with Crippen molar-refractivity contribution in [3.63, 3.8) is 0 Å². The van der Waals surface area contributed by atoms with E-state index in [-0.39, 0.29) is 43.4 Å². The number of pyridine rings is 2. The Kier molecular flexibility index (Phi) is 8.29. The lowest BCUT2D eigenvalue weighted by molar-refractivity contribution is -0.135. The molecule has 2 amide bonds. The van der Waals surface area contributed by atoms with Crippen LogP contribution in [-0.2, 0) is 27.2 Å². The molecule has 3 heterocycles. The zero-order valence-electron chi connectivity index (χ0n) is 16.9. The fourth-order valence-corrected chi connectivity index (χ4v) is 3.55. The number of hydrogen-bond donors (Lipinski definition) is 3. The number of hydrogen-bond acceptors (Lipinski definition) is 6. The number of carbonyl (C=O) groups excluding carboxylic acids is 2. The number of carbonyl (C=O) groups is 2. The molecule has 0 spiro atoms. The minimum Gasteiger partial charge on any atom is -0.394 e. The zero-order valence-corrected chi connectivity index (χ0v) is 16.9. The van der Waals surface area contributed by atoms with Crippen LogP contribution in [0.2, 0.25) is 0 Å². The molecule has 0 bridgehead atoms. The molecular weight excluding hydrogens is 384 g/mol. The molecule has 2 aromatic rings. The van der Waals surface area contributed by atoms with Gasteiger partial charge in [-0.25, -0.2) is 0 Å². The number of aliphatic hydroxyl groups excluding tert-OH is 1.